The zero-order chi connectivity index (χ0) is 23.9. The summed E-state index contributed by atoms with van der Waals surface area (Å²) in [6, 6.07) is 7.55. The van der Waals surface area contributed by atoms with E-state index in [-0.39, 0.29) is 15.5 Å². The first-order valence-corrected chi connectivity index (χ1v) is 12.1. The third kappa shape index (κ3) is 6.25. The number of nitrogens with two attached hydrogens (primary N) is 1. The number of hydrogen-bond acceptors (Lipinski definition) is 7. The molecule has 3 N–H and O–H groups in total. The molecule has 0 fully saturated rings. The average molecular weight is 480 g/mol. The van der Waals surface area contributed by atoms with Crippen LogP contribution < -0.4 is 11.1 Å². The van der Waals surface area contributed by atoms with Gasteiger partial charge in [-0.25, -0.2) is 13.2 Å². The van der Waals surface area contributed by atoms with E-state index in [1.165, 1.54) is 35.5 Å². The molecular weight excluding hydrogens is 454 g/mol. The number of anilines is 1. The Labute approximate surface area is 190 Å². The zero-order valence-electron chi connectivity index (χ0n) is 17.9. The lowest BCUT2D eigenvalue weighted by atomic mass is 10.2. The van der Waals surface area contributed by atoms with Crippen LogP contribution in [0.5, 0.6) is 0 Å². The normalized spacial score (nSPS) is 12.6. The summed E-state index contributed by atoms with van der Waals surface area (Å²) in [5.41, 5.74) is 5.99. The molecule has 0 spiro atoms. The molecule has 11 heteroatoms. The highest BCUT2D eigenvalue weighted by atomic mass is 32.2. The third-order valence-corrected chi connectivity index (χ3v) is 7.36. The van der Waals surface area contributed by atoms with E-state index in [0.717, 1.165) is 17.4 Å². The summed E-state index contributed by atoms with van der Waals surface area (Å²) < 4.78 is 31.4. The minimum absolute atomic E-state index is 0.162. The molecule has 0 saturated heterocycles. The average Bonchev–Trinajstić information content (AvgIpc) is 3.21. The molecule has 32 heavy (non-hydrogen) atoms. The van der Waals surface area contributed by atoms with Crippen LogP contribution in [0, 0.1) is 0 Å². The first-order valence-electron chi connectivity index (χ1n) is 9.77. The summed E-state index contributed by atoms with van der Waals surface area (Å²) in [6.45, 7) is 5.67. The molecule has 172 valence electrons. The van der Waals surface area contributed by atoms with Crippen molar-refractivity contribution in [3.05, 3.63) is 52.9 Å². The molecule has 1 heterocycles. The molecular formula is C21H25N3O6S2. The summed E-state index contributed by atoms with van der Waals surface area (Å²) in [6.07, 6.45) is 1.47. The van der Waals surface area contributed by atoms with Gasteiger partial charge in [0, 0.05) is 19.2 Å². The molecule has 1 atom stereocenters. The van der Waals surface area contributed by atoms with Crippen molar-refractivity contribution in [2.45, 2.75) is 31.8 Å². The maximum atomic E-state index is 12.5. The monoisotopic (exact) mass is 479 g/mol. The zero-order valence-corrected chi connectivity index (χ0v) is 19.5. The predicted molar refractivity (Wildman–Crippen MR) is 123 cm³/mol. The maximum absolute atomic E-state index is 12.5. The van der Waals surface area contributed by atoms with Gasteiger partial charge in [0.1, 0.15) is 5.00 Å². The molecule has 0 aliphatic carbocycles. The number of esters is 1. The highest BCUT2D eigenvalue weighted by Gasteiger charge is 2.21. The van der Waals surface area contributed by atoms with Crippen LogP contribution >= 0.6 is 11.3 Å². The smallest absolute Gasteiger partial charge is 0.331 e. The van der Waals surface area contributed by atoms with Crippen LogP contribution in [0.3, 0.4) is 0 Å². The number of carbonyl (C=O) groups excluding carboxylic acids is 3. The second-order valence-corrected chi connectivity index (χ2v) is 9.44. The minimum Gasteiger partial charge on any atom is -0.449 e. The molecule has 0 radical (unpaired) electrons. The summed E-state index contributed by atoms with van der Waals surface area (Å²) in [4.78, 5) is 35.7. The van der Waals surface area contributed by atoms with Gasteiger partial charge in [0.15, 0.2) is 6.10 Å². The fourth-order valence-electron chi connectivity index (χ4n) is 2.71. The van der Waals surface area contributed by atoms with E-state index < -0.39 is 33.9 Å². The van der Waals surface area contributed by atoms with Gasteiger partial charge in [-0.3, -0.25) is 9.59 Å². The van der Waals surface area contributed by atoms with E-state index in [9.17, 15) is 22.8 Å². The van der Waals surface area contributed by atoms with Crippen molar-refractivity contribution in [3.8, 4) is 0 Å². The number of nitrogens with one attached hydrogen (secondary N) is 1. The number of thiophene rings is 1. The van der Waals surface area contributed by atoms with Crippen molar-refractivity contribution in [3.63, 3.8) is 0 Å². The van der Waals surface area contributed by atoms with Crippen LogP contribution in [-0.2, 0) is 24.3 Å². The van der Waals surface area contributed by atoms with Gasteiger partial charge in [0.2, 0.25) is 10.0 Å². The van der Waals surface area contributed by atoms with Gasteiger partial charge in [-0.15, -0.1) is 11.3 Å². The molecule has 2 rings (SSSR count). The van der Waals surface area contributed by atoms with Gasteiger partial charge in [0.25, 0.3) is 11.8 Å². The van der Waals surface area contributed by atoms with Crippen LogP contribution in [0.15, 0.2) is 46.7 Å². The summed E-state index contributed by atoms with van der Waals surface area (Å²) >= 11 is 1.12. The fourth-order valence-corrected chi connectivity index (χ4v) is 4.96. The Kier molecular flexibility index (Phi) is 8.70. The van der Waals surface area contributed by atoms with Gasteiger partial charge in [0.05, 0.1) is 10.5 Å². The van der Waals surface area contributed by atoms with Gasteiger partial charge in [-0.05, 0) is 42.1 Å². The van der Waals surface area contributed by atoms with Gasteiger partial charge in [-0.1, -0.05) is 26.0 Å². The predicted octanol–water partition coefficient (Wildman–Crippen LogP) is 2.46. The molecule has 9 nitrogen and oxygen atoms in total. The Morgan fingerprint density at radius 3 is 2.34 bits per heavy atom. The summed E-state index contributed by atoms with van der Waals surface area (Å²) in [5.74, 6) is -2.04. The van der Waals surface area contributed by atoms with Crippen LogP contribution in [0.4, 0.5) is 5.00 Å². The maximum Gasteiger partial charge on any atom is 0.331 e. The Hall–Kier alpha value is -3.02. The Balaban J connectivity index is 1.97. The van der Waals surface area contributed by atoms with Crippen LogP contribution in [0.25, 0.3) is 6.08 Å². The number of nitrogens with zero attached hydrogens (tertiary/aromatic N) is 1. The first-order chi connectivity index (χ1) is 15.1. The molecule has 0 aliphatic heterocycles. The van der Waals surface area contributed by atoms with E-state index >= 15 is 0 Å². The van der Waals surface area contributed by atoms with Gasteiger partial charge < -0.3 is 15.8 Å². The van der Waals surface area contributed by atoms with Crippen molar-refractivity contribution < 1.29 is 27.5 Å². The number of carbonyl (C=O) groups is 3. The highest BCUT2D eigenvalue weighted by molar-refractivity contribution is 7.89. The molecule has 0 saturated carbocycles. The quantitative estimate of drug-likeness (QED) is 0.397. The molecule has 2 amide bonds. The van der Waals surface area contributed by atoms with E-state index in [1.54, 1.807) is 31.4 Å². The number of hydrogen-bond donors (Lipinski definition) is 2. The second-order valence-electron chi connectivity index (χ2n) is 6.59. The van der Waals surface area contributed by atoms with Crippen molar-refractivity contribution in [1.82, 2.24) is 4.31 Å². The number of primary amides is 1. The SMILES string of the molecule is CCN(CC)S(=O)(=O)c1ccc(/C=C/C(=O)OC(C)C(=O)Nc2sccc2C(N)=O)cc1. The fraction of sp³-hybridized carbons (Fsp3) is 0.286. The van der Waals surface area contributed by atoms with Crippen molar-refractivity contribution >= 4 is 50.2 Å². The number of benzene rings is 1. The number of amides is 2. The lowest BCUT2D eigenvalue weighted by Gasteiger charge is -2.18. The van der Waals surface area contributed by atoms with E-state index in [1.807, 2.05) is 0 Å². The van der Waals surface area contributed by atoms with Crippen molar-refractivity contribution in [1.29, 1.82) is 0 Å². The van der Waals surface area contributed by atoms with Crippen molar-refractivity contribution in [2.75, 3.05) is 18.4 Å². The molecule has 1 unspecified atom stereocenters. The number of rotatable bonds is 10. The van der Waals surface area contributed by atoms with Crippen LogP contribution in [0.1, 0.15) is 36.7 Å². The molecule has 1 aromatic carbocycles. The van der Waals surface area contributed by atoms with E-state index in [2.05, 4.69) is 5.32 Å². The summed E-state index contributed by atoms with van der Waals surface area (Å²) in [7, 11) is -3.56. The van der Waals surface area contributed by atoms with E-state index in [0.29, 0.717) is 18.7 Å². The highest BCUT2D eigenvalue weighted by Crippen LogP contribution is 2.23. The molecule has 1 aromatic heterocycles. The second kappa shape index (κ2) is 11.0. The Morgan fingerprint density at radius 2 is 1.78 bits per heavy atom. The standard InChI is InChI=1S/C21H25N3O6S2/c1-4-24(5-2)32(28,29)16-9-6-15(7-10-16)8-11-18(25)30-14(3)20(27)23-21-17(19(22)26)12-13-31-21/h6-14H,4-5H2,1-3H3,(H2,22,26)(H,23,27)/b11-8+. The molecule has 0 bridgehead atoms. The molecule has 0 aliphatic rings. The van der Waals surface area contributed by atoms with Crippen molar-refractivity contribution in [2.24, 2.45) is 5.73 Å². The number of sulfonamides is 1. The lowest BCUT2D eigenvalue weighted by molar-refractivity contribution is -0.148. The van der Waals surface area contributed by atoms with Gasteiger partial charge >= 0.3 is 5.97 Å². The first kappa shape index (κ1) is 25.2. The largest absolute Gasteiger partial charge is 0.449 e. The minimum atomic E-state index is -3.56. The number of ether oxygens (including phenoxy) is 1. The van der Waals surface area contributed by atoms with Crippen LogP contribution in [0.2, 0.25) is 0 Å². The van der Waals surface area contributed by atoms with Gasteiger partial charge in [-0.2, -0.15) is 4.31 Å². The summed E-state index contributed by atoms with van der Waals surface area (Å²) in [5, 5.41) is 4.39. The molecule has 2 aromatic rings. The Morgan fingerprint density at radius 1 is 1.16 bits per heavy atom. The van der Waals surface area contributed by atoms with Crippen LogP contribution in [-0.4, -0.2) is 49.7 Å². The lowest BCUT2D eigenvalue weighted by Crippen LogP contribution is -2.30. The third-order valence-electron chi connectivity index (χ3n) is 4.46. The van der Waals surface area contributed by atoms with E-state index in [4.69, 9.17) is 10.5 Å². The Bertz CT molecular complexity index is 1100. The topological polar surface area (TPSA) is 136 Å².